The third kappa shape index (κ3) is 2.20. The van der Waals surface area contributed by atoms with E-state index in [1.807, 2.05) is 31.2 Å². The summed E-state index contributed by atoms with van der Waals surface area (Å²) in [6, 6.07) is 7.63. The van der Waals surface area contributed by atoms with E-state index < -0.39 is 0 Å². The fourth-order valence-corrected chi connectivity index (χ4v) is 2.83. The monoisotopic (exact) mass is 253 g/mol. The van der Waals surface area contributed by atoms with Gasteiger partial charge in [-0.2, -0.15) is 0 Å². The van der Waals surface area contributed by atoms with Gasteiger partial charge in [0.15, 0.2) is 0 Å². The van der Waals surface area contributed by atoms with E-state index in [-0.39, 0.29) is 11.2 Å². The maximum atomic E-state index is 11.7. The van der Waals surface area contributed by atoms with Gasteiger partial charge < -0.3 is 10.1 Å². The fourth-order valence-electron chi connectivity index (χ4n) is 1.54. The summed E-state index contributed by atoms with van der Waals surface area (Å²) in [5, 5.41) is 2.54. The van der Waals surface area contributed by atoms with E-state index in [0.717, 1.165) is 11.3 Å². The zero-order valence-electron chi connectivity index (χ0n) is 8.73. The van der Waals surface area contributed by atoms with Crippen LogP contribution in [0.2, 0.25) is 0 Å². The highest BCUT2D eigenvalue weighted by Crippen LogP contribution is 2.40. The van der Waals surface area contributed by atoms with Crippen molar-refractivity contribution in [2.45, 2.75) is 12.2 Å². The minimum absolute atomic E-state index is 0.0340. The van der Waals surface area contributed by atoms with Crippen LogP contribution in [0.4, 0.5) is 5.69 Å². The Hall–Kier alpha value is -1.07. The first-order valence-corrected chi connectivity index (χ1v) is 6.24. The standard InChI is InChI=1S/C11H11NO2S2/c1-2-14-11(15)16-9-7-5-3-4-6-8(7)12-10(9)13/h3-6,9H,2H2,1H3,(H,12,13). The van der Waals surface area contributed by atoms with Gasteiger partial charge in [0.25, 0.3) is 0 Å². The second-order valence-electron chi connectivity index (χ2n) is 3.26. The molecule has 0 saturated carbocycles. The smallest absolute Gasteiger partial charge is 0.242 e. The number of thioether (sulfide) groups is 1. The van der Waals surface area contributed by atoms with E-state index in [2.05, 4.69) is 5.32 Å². The number of thiocarbonyl (C=S) groups is 1. The zero-order valence-corrected chi connectivity index (χ0v) is 10.4. The molecular weight excluding hydrogens is 242 g/mol. The summed E-state index contributed by atoms with van der Waals surface area (Å²) in [7, 11) is 0. The molecule has 0 aromatic heterocycles. The topological polar surface area (TPSA) is 38.3 Å². The highest BCUT2D eigenvalue weighted by molar-refractivity contribution is 8.23. The molecule has 1 aliphatic heterocycles. The van der Waals surface area contributed by atoms with Crippen LogP contribution in [0, 0.1) is 0 Å². The van der Waals surface area contributed by atoms with Crippen molar-refractivity contribution in [3.05, 3.63) is 29.8 Å². The number of nitrogens with one attached hydrogen (secondary N) is 1. The molecule has 0 radical (unpaired) electrons. The SMILES string of the molecule is CCOC(=S)SC1C(=O)Nc2ccccc21. The minimum atomic E-state index is -0.282. The van der Waals surface area contributed by atoms with Crippen LogP contribution < -0.4 is 5.32 Å². The third-order valence-corrected chi connectivity index (χ3v) is 3.64. The molecule has 1 heterocycles. The van der Waals surface area contributed by atoms with Gasteiger partial charge in [-0.1, -0.05) is 30.0 Å². The lowest BCUT2D eigenvalue weighted by atomic mass is 10.2. The van der Waals surface area contributed by atoms with E-state index in [4.69, 9.17) is 17.0 Å². The van der Waals surface area contributed by atoms with Crippen LogP contribution in [0.3, 0.4) is 0 Å². The van der Waals surface area contributed by atoms with Crippen molar-refractivity contribution in [3.63, 3.8) is 0 Å². The molecule has 1 atom stereocenters. The van der Waals surface area contributed by atoms with Gasteiger partial charge in [-0.25, -0.2) is 0 Å². The number of rotatable bonds is 2. The maximum absolute atomic E-state index is 11.7. The molecule has 0 spiro atoms. The van der Waals surface area contributed by atoms with Gasteiger partial charge in [0.1, 0.15) is 5.25 Å². The predicted molar refractivity (Wildman–Crippen MR) is 69.6 cm³/mol. The Morgan fingerprint density at radius 1 is 1.56 bits per heavy atom. The Bertz CT molecular complexity index is 434. The summed E-state index contributed by atoms with van der Waals surface area (Å²) in [4.78, 5) is 11.7. The first-order chi connectivity index (χ1) is 7.72. The third-order valence-electron chi connectivity index (χ3n) is 2.22. The van der Waals surface area contributed by atoms with Gasteiger partial charge in [0, 0.05) is 5.69 Å². The van der Waals surface area contributed by atoms with Crippen LogP contribution in [0.5, 0.6) is 0 Å². The molecule has 5 heteroatoms. The van der Waals surface area contributed by atoms with E-state index >= 15 is 0 Å². The van der Waals surface area contributed by atoms with Crippen LogP contribution in [0.25, 0.3) is 0 Å². The number of fused-ring (bicyclic) bond motifs is 1. The quantitative estimate of drug-likeness (QED) is 0.822. The Morgan fingerprint density at radius 2 is 2.31 bits per heavy atom. The molecule has 16 heavy (non-hydrogen) atoms. The lowest BCUT2D eigenvalue weighted by Crippen LogP contribution is -2.11. The largest absolute Gasteiger partial charge is 0.479 e. The van der Waals surface area contributed by atoms with E-state index in [9.17, 15) is 4.79 Å². The molecule has 84 valence electrons. The van der Waals surface area contributed by atoms with Crippen LogP contribution in [-0.4, -0.2) is 16.9 Å². The fraction of sp³-hybridized carbons (Fsp3) is 0.273. The first-order valence-electron chi connectivity index (χ1n) is 4.95. The van der Waals surface area contributed by atoms with Crippen LogP contribution in [-0.2, 0) is 9.53 Å². The summed E-state index contributed by atoms with van der Waals surface area (Å²) in [5.41, 5.74) is 1.84. The second-order valence-corrected chi connectivity index (χ2v) is 4.96. The van der Waals surface area contributed by atoms with Crippen molar-refractivity contribution >= 4 is 40.0 Å². The van der Waals surface area contributed by atoms with Gasteiger partial charge in [0.05, 0.1) is 6.61 Å². The van der Waals surface area contributed by atoms with E-state index in [1.165, 1.54) is 11.8 Å². The van der Waals surface area contributed by atoms with Gasteiger partial charge >= 0.3 is 0 Å². The van der Waals surface area contributed by atoms with E-state index in [0.29, 0.717) is 11.0 Å². The van der Waals surface area contributed by atoms with Gasteiger partial charge in [-0.3, -0.25) is 4.79 Å². The average molecular weight is 253 g/mol. The number of hydrogen-bond acceptors (Lipinski definition) is 4. The number of carbonyl (C=O) groups is 1. The molecule has 0 aliphatic carbocycles. The molecule has 0 bridgehead atoms. The minimum Gasteiger partial charge on any atom is -0.479 e. The number of anilines is 1. The Balaban J connectivity index is 2.16. The molecule has 0 saturated heterocycles. The van der Waals surface area contributed by atoms with Crippen LogP contribution in [0.1, 0.15) is 17.7 Å². The van der Waals surface area contributed by atoms with Gasteiger partial charge in [0.2, 0.25) is 10.3 Å². The molecule has 2 rings (SSSR count). The lowest BCUT2D eigenvalue weighted by molar-refractivity contribution is -0.115. The second kappa shape index (κ2) is 4.84. The van der Waals surface area contributed by atoms with Crippen LogP contribution >= 0.6 is 24.0 Å². The van der Waals surface area contributed by atoms with Gasteiger partial charge in [-0.15, -0.1) is 0 Å². The molecule has 1 aliphatic rings. The Kier molecular flexibility index (Phi) is 3.46. The molecule has 1 aromatic carbocycles. The van der Waals surface area contributed by atoms with E-state index in [1.54, 1.807) is 0 Å². The number of carbonyl (C=O) groups excluding carboxylic acids is 1. The average Bonchev–Trinajstić information content (AvgIpc) is 2.56. The normalized spacial score (nSPS) is 17.8. The molecule has 1 N–H and O–H groups in total. The number of para-hydroxylation sites is 1. The molecule has 1 unspecified atom stereocenters. The number of hydrogen-bond donors (Lipinski definition) is 1. The first kappa shape index (κ1) is 11.4. The summed E-state index contributed by atoms with van der Waals surface area (Å²) < 4.78 is 5.60. The maximum Gasteiger partial charge on any atom is 0.242 e. The Labute approximate surface area is 104 Å². The van der Waals surface area contributed by atoms with Crippen molar-refractivity contribution in [2.75, 3.05) is 11.9 Å². The molecule has 0 fully saturated rings. The Morgan fingerprint density at radius 3 is 3.06 bits per heavy atom. The van der Waals surface area contributed by atoms with Crippen molar-refractivity contribution in [1.29, 1.82) is 0 Å². The van der Waals surface area contributed by atoms with Crippen molar-refractivity contribution in [1.82, 2.24) is 0 Å². The highest BCUT2D eigenvalue weighted by atomic mass is 32.2. The van der Waals surface area contributed by atoms with Gasteiger partial charge in [-0.05, 0) is 30.8 Å². The number of benzene rings is 1. The summed E-state index contributed by atoms with van der Waals surface area (Å²) in [6.07, 6.45) is 0. The molecule has 1 aromatic rings. The molecule has 3 nitrogen and oxygen atoms in total. The highest BCUT2D eigenvalue weighted by Gasteiger charge is 2.32. The molecular formula is C11H11NO2S2. The summed E-state index contributed by atoms with van der Waals surface area (Å²) in [6.45, 7) is 2.40. The van der Waals surface area contributed by atoms with Crippen molar-refractivity contribution < 1.29 is 9.53 Å². The predicted octanol–water partition coefficient (Wildman–Crippen LogP) is 2.73. The number of amides is 1. The zero-order chi connectivity index (χ0) is 11.5. The van der Waals surface area contributed by atoms with Crippen molar-refractivity contribution in [3.8, 4) is 0 Å². The summed E-state index contributed by atoms with van der Waals surface area (Å²) >= 11 is 6.31. The summed E-state index contributed by atoms with van der Waals surface area (Å²) in [5.74, 6) is -0.0340. The molecule has 1 amide bonds. The number of ether oxygens (including phenoxy) is 1. The van der Waals surface area contributed by atoms with Crippen molar-refractivity contribution in [2.24, 2.45) is 0 Å². The van der Waals surface area contributed by atoms with Crippen LogP contribution in [0.15, 0.2) is 24.3 Å². The lowest BCUT2D eigenvalue weighted by Gasteiger charge is -2.09.